The van der Waals surface area contributed by atoms with Crippen LogP contribution in [-0.4, -0.2) is 35.7 Å². The molecule has 0 fully saturated rings. The average molecular weight is 392 g/mol. The summed E-state index contributed by atoms with van der Waals surface area (Å²) >= 11 is 0. The summed E-state index contributed by atoms with van der Waals surface area (Å²) in [5.41, 5.74) is 8.79. The second-order valence-corrected chi connectivity index (χ2v) is 6.70. The molecular weight excluding hydrogens is 372 g/mol. The second-order valence-electron chi connectivity index (χ2n) is 6.70. The fourth-order valence-electron chi connectivity index (χ4n) is 3.53. The van der Waals surface area contributed by atoms with Gasteiger partial charge in [0.1, 0.15) is 0 Å². The van der Waals surface area contributed by atoms with Crippen LogP contribution in [0.4, 0.5) is 5.82 Å². The number of methoxy groups -OCH3 is 1. The summed E-state index contributed by atoms with van der Waals surface area (Å²) in [6, 6.07) is 15.2. The van der Waals surface area contributed by atoms with Crippen molar-refractivity contribution >= 4 is 17.6 Å². The third-order valence-electron chi connectivity index (χ3n) is 4.82. The SMILES string of the molecule is COc1cc([C@H]2CC(=O)Nc3n[nH]c(-c4ccccc4)c32)ccc1OCC(N)=O. The maximum Gasteiger partial charge on any atom is 0.255 e. The Morgan fingerprint density at radius 3 is 2.72 bits per heavy atom. The predicted octanol–water partition coefficient (Wildman–Crippen LogP) is 2.42. The Bertz CT molecular complexity index is 1060. The molecule has 2 amide bonds. The van der Waals surface area contributed by atoms with E-state index in [4.69, 9.17) is 15.2 Å². The molecule has 1 aliphatic heterocycles. The Balaban J connectivity index is 1.76. The molecule has 0 unspecified atom stereocenters. The number of H-pyrrole nitrogens is 1. The Morgan fingerprint density at radius 1 is 1.21 bits per heavy atom. The van der Waals surface area contributed by atoms with Crippen molar-refractivity contribution in [3.05, 3.63) is 59.7 Å². The van der Waals surface area contributed by atoms with Crippen LogP contribution < -0.4 is 20.5 Å². The molecule has 1 aliphatic rings. The molecule has 1 aromatic heterocycles. The summed E-state index contributed by atoms with van der Waals surface area (Å²) in [5, 5.41) is 10.2. The van der Waals surface area contributed by atoms with Gasteiger partial charge >= 0.3 is 0 Å². The zero-order chi connectivity index (χ0) is 20.4. The van der Waals surface area contributed by atoms with Gasteiger partial charge < -0.3 is 20.5 Å². The number of rotatable bonds is 6. The van der Waals surface area contributed by atoms with Gasteiger partial charge in [-0.1, -0.05) is 36.4 Å². The van der Waals surface area contributed by atoms with Gasteiger partial charge in [-0.3, -0.25) is 14.7 Å². The molecule has 1 atom stereocenters. The van der Waals surface area contributed by atoms with Crippen LogP contribution in [0.5, 0.6) is 11.5 Å². The van der Waals surface area contributed by atoms with Crippen LogP contribution in [0.2, 0.25) is 0 Å². The third-order valence-corrected chi connectivity index (χ3v) is 4.82. The highest BCUT2D eigenvalue weighted by Crippen LogP contribution is 2.43. The Labute approximate surface area is 167 Å². The van der Waals surface area contributed by atoms with E-state index in [9.17, 15) is 9.59 Å². The average Bonchev–Trinajstić information content (AvgIpc) is 3.15. The van der Waals surface area contributed by atoms with Crippen molar-refractivity contribution in [2.75, 3.05) is 19.0 Å². The van der Waals surface area contributed by atoms with E-state index in [-0.39, 0.29) is 24.9 Å². The van der Waals surface area contributed by atoms with Gasteiger partial charge in [-0.05, 0) is 23.3 Å². The predicted molar refractivity (Wildman–Crippen MR) is 107 cm³/mol. The number of anilines is 1. The number of carbonyl (C=O) groups is 2. The number of ether oxygens (including phenoxy) is 2. The molecule has 0 spiro atoms. The first-order valence-electron chi connectivity index (χ1n) is 9.09. The monoisotopic (exact) mass is 392 g/mol. The van der Waals surface area contributed by atoms with Gasteiger partial charge in [0.25, 0.3) is 5.91 Å². The number of nitrogens with two attached hydrogens (primary N) is 1. The standard InChI is InChI=1S/C21H20N4O4/c1-28-16-9-13(7-8-15(16)29-11-17(22)26)14-10-18(27)23-21-19(14)20(24-25-21)12-5-3-2-4-6-12/h2-9,14H,10-11H2,1H3,(H2,22,26)(H2,23,24,25,27)/t14-/m1/s1. The zero-order valence-electron chi connectivity index (χ0n) is 15.8. The van der Waals surface area contributed by atoms with Crippen LogP contribution in [0.25, 0.3) is 11.3 Å². The minimum atomic E-state index is -0.573. The molecular formula is C21H20N4O4. The Kier molecular flexibility index (Phi) is 4.90. The van der Waals surface area contributed by atoms with E-state index < -0.39 is 5.91 Å². The highest BCUT2D eigenvalue weighted by atomic mass is 16.5. The number of nitrogens with zero attached hydrogens (tertiary/aromatic N) is 1. The van der Waals surface area contributed by atoms with Gasteiger partial charge in [-0.25, -0.2) is 0 Å². The molecule has 0 saturated carbocycles. The highest BCUT2D eigenvalue weighted by molar-refractivity contribution is 5.96. The minimum absolute atomic E-state index is 0.110. The van der Waals surface area contributed by atoms with Crippen LogP contribution in [0.1, 0.15) is 23.5 Å². The maximum atomic E-state index is 12.3. The zero-order valence-corrected chi connectivity index (χ0v) is 15.8. The first kappa shape index (κ1) is 18.5. The second kappa shape index (κ2) is 7.67. The highest BCUT2D eigenvalue weighted by Gasteiger charge is 2.32. The summed E-state index contributed by atoms with van der Waals surface area (Å²) in [6.07, 6.45) is 0.275. The minimum Gasteiger partial charge on any atom is -0.493 e. The van der Waals surface area contributed by atoms with E-state index in [1.165, 1.54) is 7.11 Å². The largest absolute Gasteiger partial charge is 0.493 e. The molecule has 148 valence electrons. The maximum absolute atomic E-state index is 12.3. The molecule has 0 radical (unpaired) electrons. The molecule has 4 rings (SSSR count). The Morgan fingerprint density at radius 2 is 2.00 bits per heavy atom. The van der Waals surface area contributed by atoms with Crippen molar-refractivity contribution in [1.82, 2.24) is 10.2 Å². The number of aromatic nitrogens is 2. The summed E-state index contributed by atoms with van der Waals surface area (Å²) in [7, 11) is 1.52. The molecule has 0 saturated heterocycles. The number of primary amides is 1. The summed E-state index contributed by atoms with van der Waals surface area (Å²) in [4.78, 5) is 23.3. The molecule has 8 nitrogen and oxygen atoms in total. The molecule has 4 N–H and O–H groups in total. The summed E-state index contributed by atoms with van der Waals surface area (Å²) < 4.78 is 10.8. The number of amides is 2. The molecule has 3 aromatic rings. The number of hydrogen-bond acceptors (Lipinski definition) is 5. The smallest absolute Gasteiger partial charge is 0.255 e. The lowest BCUT2D eigenvalue weighted by Crippen LogP contribution is -2.23. The normalized spacial score (nSPS) is 15.3. The van der Waals surface area contributed by atoms with E-state index in [0.29, 0.717) is 17.3 Å². The molecule has 0 bridgehead atoms. The molecule has 29 heavy (non-hydrogen) atoms. The van der Waals surface area contributed by atoms with Crippen LogP contribution in [-0.2, 0) is 9.59 Å². The van der Waals surface area contributed by atoms with Gasteiger partial charge in [0, 0.05) is 17.9 Å². The summed E-state index contributed by atoms with van der Waals surface area (Å²) in [6.45, 7) is -0.244. The van der Waals surface area contributed by atoms with E-state index in [1.54, 1.807) is 6.07 Å². The van der Waals surface area contributed by atoms with Gasteiger partial charge in [0.2, 0.25) is 5.91 Å². The van der Waals surface area contributed by atoms with Crippen molar-refractivity contribution in [3.8, 4) is 22.8 Å². The first-order chi connectivity index (χ1) is 14.1. The van der Waals surface area contributed by atoms with Gasteiger partial charge in [-0.2, -0.15) is 5.10 Å². The number of nitrogens with one attached hydrogen (secondary N) is 2. The van der Waals surface area contributed by atoms with Crippen molar-refractivity contribution in [2.24, 2.45) is 5.73 Å². The quantitative estimate of drug-likeness (QED) is 0.595. The fraction of sp³-hybridized carbons (Fsp3) is 0.190. The van der Waals surface area contributed by atoms with Crippen molar-refractivity contribution in [2.45, 2.75) is 12.3 Å². The first-order valence-corrected chi connectivity index (χ1v) is 9.09. The topological polar surface area (TPSA) is 119 Å². The van der Waals surface area contributed by atoms with Crippen LogP contribution in [0.15, 0.2) is 48.5 Å². The van der Waals surface area contributed by atoms with Crippen LogP contribution in [0.3, 0.4) is 0 Å². The number of hydrogen-bond donors (Lipinski definition) is 3. The van der Waals surface area contributed by atoms with Gasteiger partial charge in [-0.15, -0.1) is 0 Å². The molecule has 0 aliphatic carbocycles. The Hall–Kier alpha value is -3.81. The number of benzene rings is 2. The van der Waals surface area contributed by atoms with Gasteiger partial charge in [0.15, 0.2) is 23.9 Å². The number of carbonyl (C=O) groups excluding carboxylic acids is 2. The van der Waals surface area contributed by atoms with Gasteiger partial charge in [0.05, 0.1) is 12.8 Å². The van der Waals surface area contributed by atoms with E-state index in [1.807, 2.05) is 42.5 Å². The summed E-state index contributed by atoms with van der Waals surface area (Å²) in [5.74, 6) is 0.495. The van der Waals surface area contributed by atoms with Crippen molar-refractivity contribution in [1.29, 1.82) is 0 Å². The number of fused-ring (bicyclic) bond motifs is 1. The van der Waals surface area contributed by atoms with Crippen LogP contribution >= 0.6 is 0 Å². The number of aromatic amines is 1. The third kappa shape index (κ3) is 3.64. The van der Waals surface area contributed by atoms with Crippen molar-refractivity contribution < 1.29 is 19.1 Å². The molecule has 8 heteroatoms. The van der Waals surface area contributed by atoms with E-state index >= 15 is 0 Å². The molecule has 2 aromatic carbocycles. The fourth-order valence-corrected chi connectivity index (χ4v) is 3.53. The van der Waals surface area contributed by atoms with E-state index in [0.717, 1.165) is 22.4 Å². The lowest BCUT2D eigenvalue weighted by Gasteiger charge is -2.24. The lowest BCUT2D eigenvalue weighted by molar-refractivity contribution is -0.120. The van der Waals surface area contributed by atoms with E-state index in [2.05, 4.69) is 15.5 Å². The van der Waals surface area contributed by atoms with Crippen molar-refractivity contribution in [3.63, 3.8) is 0 Å². The molecule has 2 heterocycles. The van der Waals surface area contributed by atoms with Crippen LogP contribution in [0, 0.1) is 0 Å². The lowest BCUT2D eigenvalue weighted by atomic mass is 9.84.